The quantitative estimate of drug-likeness (QED) is 0.687. The van der Waals surface area contributed by atoms with Crippen LogP contribution in [-0.2, 0) is 25.5 Å². The predicted octanol–water partition coefficient (Wildman–Crippen LogP) is 3.05. The number of nitrogens with zero attached hydrogens (tertiary/aromatic N) is 2. The Labute approximate surface area is 195 Å². The van der Waals surface area contributed by atoms with E-state index in [-0.39, 0.29) is 24.4 Å². The average molecular weight is 458 g/mol. The van der Waals surface area contributed by atoms with Gasteiger partial charge in [-0.25, -0.2) is 4.79 Å². The van der Waals surface area contributed by atoms with Gasteiger partial charge in [0.25, 0.3) is 11.8 Å². The molecular formula is C25H35N3O5. The Balaban J connectivity index is 1.58. The number of hydrogen-bond acceptors (Lipinski definition) is 5. The van der Waals surface area contributed by atoms with E-state index in [1.165, 1.54) is 16.5 Å². The van der Waals surface area contributed by atoms with Crippen LogP contribution in [0.3, 0.4) is 0 Å². The van der Waals surface area contributed by atoms with E-state index >= 15 is 0 Å². The van der Waals surface area contributed by atoms with Crippen LogP contribution in [0.4, 0.5) is 10.5 Å². The van der Waals surface area contributed by atoms with Gasteiger partial charge >= 0.3 is 6.09 Å². The maximum absolute atomic E-state index is 12.9. The van der Waals surface area contributed by atoms with E-state index in [0.29, 0.717) is 32.5 Å². The third-order valence-corrected chi connectivity index (χ3v) is 5.61. The molecule has 2 aliphatic heterocycles. The summed E-state index contributed by atoms with van der Waals surface area (Å²) in [6.45, 7) is 9.01. The number of rotatable bonds is 5. The van der Waals surface area contributed by atoms with Gasteiger partial charge in [0.2, 0.25) is 0 Å². The molecule has 8 nitrogen and oxygen atoms in total. The minimum Gasteiger partial charge on any atom is -0.444 e. The zero-order chi connectivity index (χ0) is 24.0. The van der Waals surface area contributed by atoms with E-state index in [1.807, 2.05) is 52.0 Å². The molecule has 0 saturated carbocycles. The lowest BCUT2D eigenvalue weighted by molar-refractivity contribution is -0.133. The Bertz CT molecular complexity index is 892. The number of anilines is 1. The van der Waals surface area contributed by atoms with Crippen LogP contribution in [-0.4, -0.2) is 66.8 Å². The van der Waals surface area contributed by atoms with Gasteiger partial charge in [-0.15, -0.1) is 0 Å². The molecule has 2 heterocycles. The molecule has 2 atom stereocenters. The molecular weight excluding hydrogens is 422 g/mol. The third kappa shape index (κ3) is 6.81. The zero-order valence-electron chi connectivity index (χ0n) is 20.0. The minimum absolute atomic E-state index is 0.102. The first-order chi connectivity index (χ1) is 15.7. The second kappa shape index (κ2) is 10.8. The maximum atomic E-state index is 12.9. The summed E-state index contributed by atoms with van der Waals surface area (Å²) in [5, 5.41) is 2.94. The standard InChI is InChI=1S/C25H35N3O5/c1-5-19(11-12-22(29)28-15-13-18-9-6-7-10-20(18)28)26-23(30)21-17-27(14-8-16-32-21)24(31)33-25(2,3)4/h6-7,9-12,19,21H,5,8,13-17H2,1-4H3,(H,26,30)/t19-,21-/m0/s1. The number of benzene rings is 1. The van der Waals surface area contributed by atoms with Crippen molar-refractivity contribution in [3.05, 3.63) is 42.0 Å². The fraction of sp³-hybridized carbons (Fsp3) is 0.560. The Kier molecular flexibility index (Phi) is 8.13. The molecule has 0 aliphatic carbocycles. The van der Waals surface area contributed by atoms with Crippen LogP contribution in [0.5, 0.6) is 0 Å². The molecule has 0 spiro atoms. The number of fused-ring (bicyclic) bond motifs is 1. The Hall–Kier alpha value is -2.87. The number of carbonyl (C=O) groups is 3. The van der Waals surface area contributed by atoms with E-state index in [1.54, 1.807) is 11.0 Å². The van der Waals surface area contributed by atoms with Gasteiger partial charge in [0.15, 0.2) is 6.10 Å². The highest BCUT2D eigenvalue weighted by molar-refractivity contribution is 6.03. The minimum atomic E-state index is -0.788. The first kappa shape index (κ1) is 24.8. The molecule has 1 fully saturated rings. The molecule has 1 aromatic rings. The monoisotopic (exact) mass is 457 g/mol. The molecule has 1 aromatic carbocycles. The van der Waals surface area contributed by atoms with Crippen molar-refractivity contribution in [3.63, 3.8) is 0 Å². The van der Waals surface area contributed by atoms with Gasteiger partial charge in [0.1, 0.15) is 5.60 Å². The van der Waals surface area contributed by atoms with Crippen LogP contribution in [0.2, 0.25) is 0 Å². The van der Waals surface area contributed by atoms with E-state index in [9.17, 15) is 14.4 Å². The van der Waals surface area contributed by atoms with Crippen LogP contribution in [0.15, 0.2) is 36.4 Å². The van der Waals surface area contributed by atoms with Gasteiger partial charge in [-0.05, 0) is 51.7 Å². The normalized spacial score (nSPS) is 19.7. The van der Waals surface area contributed by atoms with E-state index < -0.39 is 17.8 Å². The SMILES string of the molecule is CC[C@@H](C=CC(=O)N1CCc2ccccc21)NC(=O)[C@@H]1CN(C(=O)OC(C)(C)C)CCCO1. The largest absolute Gasteiger partial charge is 0.444 e. The lowest BCUT2D eigenvalue weighted by atomic mass is 10.1. The van der Waals surface area contributed by atoms with Gasteiger partial charge in [0.05, 0.1) is 6.54 Å². The van der Waals surface area contributed by atoms with Crippen molar-refractivity contribution in [2.24, 2.45) is 0 Å². The molecule has 0 radical (unpaired) electrons. The van der Waals surface area contributed by atoms with E-state index in [2.05, 4.69) is 5.32 Å². The van der Waals surface area contributed by atoms with Crippen LogP contribution < -0.4 is 10.2 Å². The third-order valence-electron chi connectivity index (χ3n) is 5.61. The van der Waals surface area contributed by atoms with Crippen LogP contribution in [0, 0.1) is 0 Å². The fourth-order valence-corrected chi connectivity index (χ4v) is 3.89. The highest BCUT2D eigenvalue weighted by atomic mass is 16.6. The number of nitrogens with one attached hydrogen (secondary N) is 1. The molecule has 8 heteroatoms. The Morgan fingerprint density at radius 2 is 2.00 bits per heavy atom. The summed E-state index contributed by atoms with van der Waals surface area (Å²) in [6, 6.07) is 7.57. The van der Waals surface area contributed by atoms with Crippen molar-refractivity contribution < 1.29 is 23.9 Å². The van der Waals surface area contributed by atoms with Crippen molar-refractivity contribution in [1.29, 1.82) is 0 Å². The van der Waals surface area contributed by atoms with Crippen molar-refractivity contribution in [2.45, 2.75) is 64.7 Å². The summed E-state index contributed by atoms with van der Waals surface area (Å²) >= 11 is 0. The predicted molar refractivity (Wildman–Crippen MR) is 126 cm³/mol. The molecule has 2 aliphatic rings. The van der Waals surface area contributed by atoms with Gasteiger partial charge < -0.3 is 24.6 Å². The summed E-state index contributed by atoms with van der Waals surface area (Å²) in [5.41, 5.74) is 1.50. The Morgan fingerprint density at radius 3 is 2.73 bits per heavy atom. The molecule has 180 valence electrons. The van der Waals surface area contributed by atoms with Crippen LogP contribution in [0.1, 0.15) is 46.1 Å². The Morgan fingerprint density at radius 1 is 1.24 bits per heavy atom. The topological polar surface area (TPSA) is 88.2 Å². The molecule has 3 amide bonds. The van der Waals surface area contributed by atoms with E-state index in [0.717, 1.165) is 12.1 Å². The fourth-order valence-electron chi connectivity index (χ4n) is 3.89. The lowest BCUT2D eigenvalue weighted by Crippen LogP contribution is -2.48. The number of hydrogen-bond donors (Lipinski definition) is 1. The van der Waals surface area contributed by atoms with Crippen LogP contribution in [0.25, 0.3) is 0 Å². The zero-order valence-corrected chi connectivity index (χ0v) is 20.0. The molecule has 0 aromatic heterocycles. The van der Waals surface area contributed by atoms with Gasteiger partial charge in [-0.3, -0.25) is 9.59 Å². The number of ether oxygens (including phenoxy) is 2. The first-order valence-corrected chi connectivity index (χ1v) is 11.7. The second-order valence-corrected chi connectivity index (χ2v) is 9.39. The molecule has 1 N–H and O–H groups in total. The van der Waals surface area contributed by atoms with E-state index in [4.69, 9.17) is 9.47 Å². The molecule has 0 bridgehead atoms. The van der Waals surface area contributed by atoms with Crippen molar-refractivity contribution in [2.75, 3.05) is 31.1 Å². The number of carbonyl (C=O) groups excluding carboxylic acids is 3. The lowest BCUT2D eigenvalue weighted by Gasteiger charge is -2.28. The highest BCUT2D eigenvalue weighted by Crippen LogP contribution is 2.27. The summed E-state index contributed by atoms with van der Waals surface area (Å²) in [7, 11) is 0. The molecule has 0 unspecified atom stereocenters. The van der Waals surface area contributed by atoms with Crippen molar-refractivity contribution in [3.8, 4) is 0 Å². The summed E-state index contributed by atoms with van der Waals surface area (Å²) < 4.78 is 11.2. The average Bonchev–Trinajstić information content (AvgIpc) is 3.03. The van der Waals surface area contributed by atoms with Crippen LogP contribution >= 0.6 is 0 Å². The summed E-state index contributed by atoms with van der Waals surface area (Å²) in [5.74, 6) is -0.407. The smallest absolute Gasteiger partial charge is 0.410 e. The first-order valence-electron chi connectivity index (χ1n) is 11.7. The summed E-state index contributed by atoms with van der Waals surface area (Å²) in [6.07, 6.45) is 4.11. The molecule has 33 heavy (non-hydrogen) atoms. The molecule has 3 rings (SSSR count). The van der Waals surface area contributed by atoms with Crippen molar-refractivity contribution in [1.82, 2.24) is 10.2 Å². The maximum Gasteiger partial charge on any atom is 0.410 e. The van der Waals surface area contributed by atoms with Crippen molar-refractivity contribution >= 4 is 23.6 Å². The van der Waals surface area contributed by atoms with Gasteiger partial charge in [0, 0.05) is 37.5 Å². The summed E-state index contributed by atoms with van der Waals surface area (Å²) in [4.78, 5) is 41.4. The second-order valence-electron chi connectivity index (χ2n) is 9.39. The molecule has 1 saturated heterocycles. The van der Waals surface area contributed by atoms with Gasteiger partial charge in [-0.1, -0.05) is 31.2 Å². The van der Waals surface area contributed by atoms with Gasteiger partial charge in [-0.2, -0.15) is 0 Å². The number of amides is 3. The highest BCUT2D eigenvalue weighted by Gasteiger charge is 2.31. The number of para-hydroxylation sites is 1.